The number of benzene rings is 1. The van der Waals surface area contributed by atoms with Crippen molar-refractivity contribution in [3.05, 3.63) is 41.7 Å². The topological polar surface area (TPSA) is 64.1 Å². The molecule has 1 atom stereocenters. The van der Waals surface area contributed by atoms with Crippen LogP contribution in [-0.2, 0) is 6.42 Å². The summed E-state index contributed by atoms with van der Waals surface area (Å²) in [4.78, 5) is 0. The highest BCUT2D eigenvalue weighted by Gasteiger charge is 2.22. The molecule has 0 radical (unpaired) electrons. The maximum atomic E-state index is 9.86. The predicted octanol–water partition coefficient (Wildman–Crippen LogP) is 1.91. The molecule has 3 rings (SSSR count). The Morgan fingerprint density at radius 2 is 2.18 bits per heavy atom. The maximum absolute atomic E-state index is 9.86. The molecule has 0 fully saturated rings. The van der Waals surface area contributed by atoms with Crippen molar-refractivity contribution in [3.8, 4) is 11.4 Å². The standard InChI is InChI=1S/C13H15N3O/c14-10-4-3-6-11-9(10)8-15-16(11)12-5-1-2-7-13(12)17/h1-2,5,7-8,10,17H,3-4,6,14H2. The summed E-state index contributed by atoms with van der Waals surface area (Å²) < 4.78 is 1.81. The number of phenols is 1. The largest absolute Gasteiger partial charge is 0.506 e. The summed E-state index contributed by atoms with van der Waals surface area (Å²) in [7, 11) is 0. The Balaban J connectivity index is 2.14. The van der Waals surface area contributed by atoms with Crippen molar-refractivity contribution in [2.75, 3.05) is 0 Å². The van der Waals surface area contributed by atoms with Gasteiger partial charge >= 0.3 is 0 Å². The van der Waals surface area contributed by atoms with Crippen LogP contribution in [0.25, 0.3) is 5.69 Å². The van der Waals surface area contributed by atoms with Crippen molar-refractivity contribution < 1.29 is 5.11 Å². The second-order valence-corrected chi connectivity index (χ2v) is 4.45. The molecular weight excluding hydrogens is 214 g/mol. The molecule has 0 amide bonds. The summed E-state index contributed by atoms with van der Waals surface area (Å²) in [5.41, 5.74) is 9.03. The van der Waals surface area contributed by atoms with E-state index in [0.717, 1.165) is 36.2 Å². The Kier molecular flexibility index (Phi) is 2.37. The van der Waals surface area contributed by atoms with E-state index in [-0.39, 0.29) is 11.8 Å². The van der Waals surface area contributed by atoms with Crippen LogP contribution in [0.4, 0.5) is 0 Å². The Bertz CT molecular complexity index is 547. The number of nitrogens with two attached hydrogens (primary N) is 1. The molecule has 0 saturated carbocycles. The van der Waals surface area contributed by atoms with E-state index in [4.69, 9.17) is 5.73 Å². The highest BCUT2D eigenvalue weighted by molar-refractivity contribution is 5.47. The van der Waals surface area contributed by atoms with Gasteiger partial charge in [0.1, 0.15) is 11.4 Å². The van der Waals surface area contributed by atoms with E-state index in [9.17, 15) is 5.11 Å². The van der Waals surface area contributed by atoms with Gasteiger partial charge in [0.15, 0.2) is 0 Å². The third-order valence-corrected chi connectivity index (χ3v) is 3.34. The highest BCUT2D eigenvalue weighted by atomic mass is 16.3. The van der Waals surface area contributed by atoms with Crippen molar-refractivity contribution in [3.63, 3.8) is 0 Å². The maximum Gasteiger partial charge on any atom is 0.141 e. The van der Waals surface area contributed by atoms with Gasteiger partial charge in [-0.1, -0.05) is 12.1 Å². The minimum absolute atomic E-state index is 0.0818. The number of hydrogen-bond donors (Lipinski definition) is 2. The number of fused-ring (bicyclic) bond motifs is 1. The van der Waals surface area contributed by atoms with Crippen LogP contribution < -0.4 is 5.73 Å². The summed E-state index contributed by atoms with van der Waals surface area (Å²) >= 11 is 0. The van der Waals surface area contributed by atoms with Gasteiger partial charge in [-0.3, -0.25) is 0 Å². The molecule has 1 unspecified atom stereocenters. The monoisotopic (exact) mass is 229 g/mol. The lowest BCUT2D eigenvalue weighted by Crippen LogP contribution is -2.18. The SMILES string of the molecule is NC1CCCc2c1cnn2-c1ccccc1O. The fourth-order valence-electron chi connectivity index (χ4n) is 2.44. The van der Waals surface area contributed by atoms with E-state index >= 15 is 0 Å². The third kappa shape index (κ3) is 1.61. The van der Waals surface area contributed by atoms with E-state index in [1.54, 1.807) is 12.1 Å². The number of aromatic nitrogens is 2. The summed E-state index contributed by atoms with van der Waals surface area (Å²) in [6.45, 7) is 0. The van der Waals surface area contributed by atoms with E-state index < -0.39 is 0 Å². The van der Waals surface area contributed by atoms with Gasteiger partial charge in [0.25, 0.3) is 0 Å². The molecule has 1 aliphatic carbocycles. The van der Waals surface area contributed by atoms with Crippen LogP contribution in [0.2, 0.25) is 0 Å². The molecule has 0 bridgehead atoms. The molecule has 17 heavy (non-hydrogen) atoms. The van der Waals surface area contributed by atoms with Gasteiger partial charge in [0.2, 0.25) is 0 Å². The number of para-hydroxylation sites is 2. The normalized spacial score (nSPS) is 19.0. The van der Waals surface area contributed by atoms with Crippen LogP contribution in [0.1, 0.15) is 30.1 Å². The minimum Gasteiger partial charge on any atom is -0.506 e. The summed E-state index contributed by atoms with van der Waals surface area (Å²) in [5, 5.41) is 14.2. The first-order valence-corrected chi connectivity index (χ1v) is 5.88. The van der Waals surface area contributed by atoms with Crippen LogP contribution >= 0.6 is 0 Å². The van der Waals surface area contributed by atoms with E-state index in [2.05, 4.69) is 5.10 Å². The molecule has 1 aromatic heterocycles. The molecule has 3 N–H and O–H groups in total. The molecule has 4 nitrogen and oxygen atoms in total. The van der Waals surface area contributed by atoms with E-state index in [1.807, 2.05) is 23.0 Å². The molecule has 0 spiro atoms. The van der Waals surface area contributed by atoms with Crippen LogP contribution in [0.3, 0.4) is 0 Å². The smallest absolute Gasteiger partial charge is 0.141 e. The number of aromatic hydroxyl groups is 1. The molecule has 1 heterocycles. The first-order chi connectivity index (χ1) is 8.27. The molecule has 2 aromatic rings. The van der Waals surface area contributed by atoms with Gasteiger partial charge in [-0.05, 0) is 31.4 Å². The Labute approximate surface area is 99.7 Å². The Hall–Kier alpha value is -1.81. The van der Waals surface area contributed by atoms with Gasteiger partial charge in [0.05, 0.1) is 6.20 Å². The van der Waals surface area contributed by atoms with Crippen LogP contribution in [-0.4, -0.2) is 14.9 Å². The lowest BCUT2D eigenvalue weighted by molar-refractivity contribution is 0.468. The zero-order chi connectivity index (χ0) is 11.8. The average Bonchev–Trinajstić information content (AvgIpc) is 2.75. The van der Waals surface area contributed by atoms with Gasteiger partial charge in [-0.25, -0.2) is 4.68 Å². The van der Waals surface area contributed by atoms with Crippen molar-refractivity contribution in [1.29, 1.82) is 0 Å². The van der Waals surface area contributed by atoms with Crippen LogP contribution in [0.5, 0.6) is 5.75 Å². The first kappa shape index (κ1) is 10.4. The molecule has 0 aliphatic heterocycles. The molecule has 0 saturated heterocycles. The Morgan fingerprint density at radius 1 is 1.35 bits per heavy atom. The van der Waals surface area contributed by atoms with E-state index in [1.165, 1.54) is 0 Å². The van der Waals surface area contributed by atoms with Gasteiger partial charge in [0, 0.05) is 17.3 Å². The van der Waals surface area contributed by atoms with Crippen molar-refractivity contribution >= 4 is 0 Å². The predicted molar refractivity (Wildman–Crippen MR) is 65.1 cm³/mol. The Morgan fingerprint density at radius 3 is 3.00 bits per heavy atom. The molecular formula is C13H15N3O. The van der Waals surface area contributed by atoms with Gasteiger partial charge in [-0.15, -0.1) is 0 Å². The zero-order valence-electron chi connectivity index (χ0n) is 9.50. The zero-order valence-corrected chi connectivity index (χ0v) is 9.50. The number of phenolic OH excluding ortho intramolecular Hbond substituents is 1. The van der Waals surface area contributed by atoms with E-state index in [0.29, 0.717) is 0 Å². The fraction of sp³-hybridized carbons (Fsp3) is 0.308. The fourth-order valence-corrected chi connectivity index (χ4v) is 2.44. The molecule has 88 valence electrons. The summed E-state index contributed by atoms with van der Waals surface area (Å²) in [6.07, 6.45) is 4.88. The number of hydrogen-bond acceptors (Lipinski definition) is 3. The average molecular weight is 229 g/mol. The highest BCUT2D eigenvalue weighted by Crippen LogP contribution is 2.31. The minimum atomic E-state index is 0.0818. The van der Waals surface area contributed by atoms with Gasteiger partial charge < -0.3 is 10.8 Å². The molecule has 1 aromatic carbocycles. The lowest BCUT2D eigenvalue weighted by Gasteiger charge is -2.19. The summed E-state index contributed by atoms with van der Waals surface area (Å²) in [5.74, 6) is 0.248. The number of rotatable bonds is 1. The van der Waals surface area contributed by atoms with Crippen molar-refractivity contribution in [2.24, 2.45) is 5.73 Å². The second kappa shape index (κ2) is 3.89. The molecule has 4 heteroatoms. The third-order valence-electron chi connectivity index (χ3n) is 3.34. The van der Waals surface area contributed by atoms with Gasteiger partial charge in [-0.2, -0.15) is 5.10 Å². The quantitative estimate of drug-likeness (QED) is 0.785. The van der Waals surface area contributed by atoms with Crippen molar-refractivity contribution in [1.82, 2.24) is 9.78 Å². The van der Waals surface area contributed by atoms with Crippen molar-refractivity contribution in [2.45, 2.75) is 25.3 Å². The number of nitrogens with zero attached hydrogens (tertiary/aromatic N) is 2. The second-order valence-electron chi connectivity index (χ2n) is 4.45. The lowest BCUT2D eigenvalue weighted by atomic mass is 9.94. The first-order valence-electron chi connectivity index (χ1n) is 5.88. The summed E-state index contributed by atoms with van der Waals surface area (Å²) in [6, 6.07) is 7.32. The van der Waals surface area contributed by atoms with Crippen LogP contribution in [0, 0.1) is 0 Å². The molecule has 1 aliphatic rings. The van der Waals surface area contributed by atoms with Crippen LogP contribution in [0.15, 0.2) is 30.5 Å².